The summed E-state index contributed by atoms with van der Waals surface area (Å²) in [5.41, 5.74) is 6.99. The van der Waals surface area contributed by atoms with Gasteiger partial charge in [-0.1, -0.05) is 10.3 Å². The van der Waals surface area contributed by atoms with Crippen molar-refractivity contribution in [3.05, 3.63) is 41.2 Å². The number of nitrogens with one attached hydrogen (secondary N) is 1. The predicted molar refractivity (Wildman–Crippen MR) is 123 cm³/mol. The van der Waals surface area contributed by atoms with Crippen molar-refractivity contribution in [2.45, 2.75) is 24.9 Å². The van der Waals surface area contributed by atoms with Crippen LogP contribution in [-0.2, 0) is 25.8 Å². The van der Waals surface area contributed by atoms with E-state index < -0.39 is 29.2 Å². The maximum absolute atomic E-state index is 13.0. The molecule has 0 unspecified atom stereocenters. The average Bonchev–Trinajstić information content (AvgIpc) is 3.45. The number of aliphatic carboxylic acids is 1. The molecule has 3 aromatic heterocycles. The number of rotatable bonds is 7. The van der Waals surface area contributed by atoms with Gasteiger partial charge in [-0.2, -0.15) is 9.36 Å². The average molecular weight is 531 g/mol. The molecule has 2 amide bonds. The van der Waals surface area contributed by atoms with Gasteiger partial charge in [-0.3, -0.25) is 14.5 Å². The summed E-state index contributed by atoms with van der Waals surface area (Å²) in [4.78, 5) is 47.6. The maximum Gasteiger partial charge on any atom is 0.290 e. The normalized spacial score (nSPS) is 19.8. The van der Waals surface area contributed by atoms with Crippen LogP contribution < -0.4 is 20.7 Å². The summed E-state index contributed by atoms with van der Waals surface area (Å²) in [6.07, 6.45) is 1.54. The van der Waals surface area contributed by atoms with E-state index >= 15 is 0 Å². The summed E-state index contributed by atoms with van der Waals surface area (Å²) in [5, 5.41) is 26.2. The molecule has 186 valence electrons. The number of carbonyl (C=O) groups is 3. The molecule has 36 heavy (non-hydrogen) atoms. The number of nitrogens with two attached hydrogens (primary N) is 1. The lowest BCUT2D eigenvalue weighted by Crippen LogP contribution is -2.71. The quantitative estimate of drug-likeness (QED) is 0.139. The van der Waals surface area contributed by atoms with Gasteiger partial charge in [0.25, 0.3) is 23.8 Å². The van der Waals surface area contributed by atoms with Gasteiger partial charge in [-0.05, 0) is 18.6 Å². The Morgan fingerprint density at radius 2 is 2.22 bits per heavy atom. The second kappa shape index (κ2) is 9.15. The summed E-state index contributed by atoms with van der Waals surface area (Å²) >= 11 is 2.19. The monoisotopic (exact) mass is 530 g/mol. The summed E-state index contributed by atoms with van der Waals surface area (Å²) in [7, 11) is 1.24. The van der Waals surface area contributed by atoms with E-state index in [9.17, 15) is 19.5 Å². The maximum atomic E-state index is 13.0. The van der Waals surface area contributed by atoms with Crippen molar-refractivity contribution in [2.75, 3.05) is 18.6 Å². The van der Waals surface area contributed by atoms with Crippen LogP contribution in [0.4, 0.5) is 5.13 Å². The first-order chi connectivity index (χ1) is 17.3. The third-order valence-electron chi connectivity index (χ3n) is 5.47. The van der Waals surface area contributed by atoms with Gasteiger partial charge in [0.2, 0.25) is 11.5 Å². The molecule has 2 aliphatic rings. The topological polar surface area (TPSA) is 197 Å². The van der Waals surface area contributed by atoms with Crippen molar-refractivity contribution in [3.63, 3.8) is 0 Å². The van der Waals surface area contributed by atoms with E-state index in [1.807, 2.05) is 19.1 Å². The molecule has 3 N–H and O–H groups in total. The van der Waals surface area contributed by atoms with Gasteiger partial charge in [0.15, 0.2) is 5.13 Å². The van der Waals surface area contributed by atoms with Gasteiger partial charge in [0.1, 0.15) is 18.5 Å². The number of oxime groups is 1. The number of β-lactam (4-membered cyclic amide) rings is 1. The highest BCUT2D eigenvalue weighted by atomic mass is 32.2. The second-order valence-corrected chi connectivity index (χ2v) is 9.65. The number of aryl methyl sites for hydroxylation is 1. The minimum Gasteiger partial charge on any atom is -0.543 e. The number of carboxylic acid groups (broad SMARTS) is 1. The Hall–Kier alpha value is -4.12. The molecule has 3 aromatic rings. The number of nitrogen functional groups attached to an aromatic ring is 1. The molecular weight excluding hydrogens is 512 g/mol. The van der Waals surface area contributed by atoms with Crippen molar-refractivity contribution in [1.29, 1.82) is 0 Å². The Bertz CT molecular complexity index is 1460. The summed E-state index contributed by atoms with van der Waals surface area (Å²) in [6.45, 7) is 2.00. The van der Waals surface area contributed by atoms with Crippen molar-refractivity contribution >= 4 is 57.6 Å². The number of hydrogen-bond donors (Lipinski definition) is 2. The van der Waals surface area contributed by atoms with Crippen molar-refractivity contribution < 1.29 is 28.9 Å². The van der Waals surface area contributed by atoms with Crippen LogP contribution in [0.25, 0.3) is 5.65 Å². The molecule has 0 aromatic carbocycles. The summed E-state index contributed by atoms with van der Waals surface area (Å²) < 4.78 is 7.11. The fraction of sp³-hybridized carbons (Fsp3) is 0.316. The molecule has 0 spiro atoms. The lowest BCUT2D eigenvalue weighted by molar-refractivity contribution is -0.664. The molecule has 1 fully saturated rings. The number of nitrogens with zero attached hydrogens (tertiary/aromatic N) is 8. The highest BCUT2D eigenvalue weighted by molar-refractivity contribution is 8.00. The molecule has 0 aliphatic carbocycles. The SMILES string of the molecule is CO/N=C(/C(=O)N[C@@H]1C(=O)N2C(C(=O)[O-])=C(C[n+]3cnn4nc(C)ccc43)CS[C@H]12)c1nsc(N)n1. The van der Waals surface area contributed by atoms with Gasteiger partial charge >= 0.3 is 0 Å². The van der Waals surface area contributed by atoms with Crippen molar-refractivity contribution in [3.8, 4) is 0 Å². The van der Waals surface area contributed by atoms with Gasteiger partial charge < -0.3 is 25.8 Å². The van der Waals surface area contributed by atoms with E-state index in [1.165, 1.54) is 29.8 Å². The van der Waals surface area contributed by atoms with Crippen molar-refractivity contribution in [1.82, 2.24) is 34.4 Å². The molecule has 0 radical (unpaired) electrons. The van der Waals surface area contributed by atoms with Crippen LogP contribution in [0.15, 0.2) is 34.9 Å². The first kappa shape index (κ1) is 23.6. The highest BCUT2D eigenvalue weighted by Crippen LogP contribution is 2.40. The number of carboxylic acids is 1. The molecule has 17 heteroatoms. The van der Waals surface area contributed by atoms with Gasteiger partial charge in [-0.15, -0.1) is 11.8 Å². The molecular formula is C19H18N10O5S2. The van der Waals surface area contributed by atoms with Crippen LogP contribution in [-0.4, -0.2) is 76.9 Å². The van der Waals surface area contributed by atoms with E-state index in [0.717, 1.165) is 22.1 Å². The van der Waals surface area contributed by atoms with Crippen LogP contribution >= 0.6 is 23.3 Å². The second-order valence-electron chi connectivity index (χ2n) is 7.76. The Morgan fingerprint density at radius 1 is 1.42 bits per heavy atom. The largest absolute Gasteiger partial charge is 0.543 e. The highest BCUT2D eigenvalue weighted by Gasteiger charge is 2.53. The van der Waals surface area contributed by atoms with Gasteiger partial charge in [-0.25, -0.2) is 4.57 Å². The number of aromatic nitrogens is 6. The van der Waals surface area contributed by atoms with E-state index in [0.29, 0.717) is 11.2 Å². The first-order valence-electron chi connectivity index (χ1n) is 10.4. The molecule has 5 heterocycles. The van der Waals surface area contributed by atoms with Crippen LogP contribution in [0, 0.1) is 6.92 Å². The van der Waals surface area contributed by atoms with E-state index in [2.05, 4.69) is 30.0 Å². The fourth-order valence-electron chi connectivity index (χ4n) is 3.90. The standard InChI is InChI=1S/C19H18N10O5S2/c1-8-3-4-10-27(7-21-29(10)24-8)5-9-6-35-17-12(16(31)28(17)13(9)18(32)33)22-15(30)11(25-34-2)14-23-19(20)36-26-14/h3-4,7,12,17H,5-6H2,1-2H3,(H3-,20,22,23,26,30,32,33)/b25-11+/t12-,17-/m1/s1. The van der Waals surface area contributed by atoms with Gasteiger partial charge in [0.05, 0.1) is 29.0 Å². The Labute approximate surface area is 210 Å². The third-order valence-corrected chi connectivity index (χ3v) is 7.35. The third kappa shape index (κ3) is 4.01. The lowest BCUT2D eigenvalue weighted by atomic mass is 10.0. The van der Waals surface area contributed by atoms with Crippen LogP contribution in [0.2, 0.25) is 0 Å². The minimum atomic E-state index is -1.48. The van der Waals surface area contributed by atoms with Crippen molar-refractivity contribution in [2.24, 2.45) is 5.16 Å². The predicted octanol–water partition coefficient (Wildman–Crippen LogP) is -2.79. The molecule has 0 bridgehead atoms. The molecule has 5 rings (SSSR count). The number of amides is 2. The first-order valence-corrected chi connectivity index (χ1v) is 12.2. The number of fused-ring (bicyclic) bond motifs is 2. The molecule has 0 saturated carbocycles. The Kier molecular flexibility index (Phi) is 6.00. The van der Waals surface area contributed by atoms with Crippen LogP contribution in [0.5, 0.6) is 0 Å². The van der Waals surface area contributed by atoms with E-state index in [1.54, 1.807) is 4.57 Å². The number of anilines is 1. The van der Waals surface area contributed by atoms with Crippen LogP contribution in [0.3, 0.4) is 0 Å². The smallest absolute Gasteiger partial charge is 0.290 e. The summed E-state index contributed by atoms with van der Waals surface area (Å²) in [5.74, 6) is -2.60. The molecule has 15 nitrogen and oxygen atoms in total. The lowest BCUT2D eigenvalue weighted by Gasteiger charge is -2.50. The molecule has 1 saturated heterocycles. The minimum absolute atomic E-state index is 0.0514. The molecule has 2 atom stereocenters. The Morgan fingerprint density at radius 3 is 2.92 bits per heavy atom. The fourth-order valence-corrected chi connectivity index (χ4v) is 5.67. The zero-order valence-corrected chi connectivity index (χ0v) is 20.4. The zero-order chi connectivity index (χ0) is 25.6. The van der Waals surface area contributed by atoms with Crippen LogP contribution in [0.1, 0.15) is 11.5 Å². The van der Waals surface area contributed by atoms with Gasteiger partial charge in [0, 0.05) is 28.0 Å². The number of hydrogen-bond acceptors (Lipinski definition) is 13. The zero-order valence-electron chi connectivity index (χ0n) is 18.8. The van der Waals surface area contributed by atoms with E-state index in [4.69, 9.17) is 10.6 Å². The Balaban J connectivity index is 1.37. The van der Waals surface area contributed by atoms with E-state index in [-0.39, 0.29) is 34.7 Å². The number of thioether (sulfide) groups is 1. The summed E-state index contributed by atoms with van der Waals surface area (Å²) in [6, 6.07) is 2.64. The molecule has 2 aliphatic heterocycles. The number of carbonyl (C=O) groups excluding carboxylic acids is 3.